The van der Waals surface area contributed by atoms with Crippen LogP contribution in [0.1, 0.15) is 56.2 Å². The maximum atomic E-state index is 13.6. The van der Waals surface area contributed by atoms with Crippen molar-refractivity contribution in [2.24, 2.45) is 0 Å². The van der Waals surface area contributed by atoms with Gasteiger partial charge in [0.25, 0.3) is 0 Å². The van der Waals surface area contributed by atoms with Crippen molar-refractivity contribution in [2.45, 2.75) is 51.1 Å². The molecule has 3 nitrogen and oxygen atoms in total. The number of carbonyl (C=O) groups is 1. The fourth-order valence-electron chi connectivity index (χ4n) is 4.56. The van der Waals surface area contributed by atoms with Crippen LogP contribution in [0.4, 0.5) is 4.39 Å². The van der Waals surface area contributed by atoms with E-state index in [1.807, 2.05) is 30.3 Å². The van der Waals surface area contributed by atoms with E-state index in [1.165, 1.54) is 24.1 Å². The average molecular weight is 406 g/mol. The Morgan fingerprint density at radius 3 is 2.70 bits per heavy atom. The third kappa shape index (κ3) is 4.71. The van der Waals surface area contributed by atoms with Gasteiger partial charge in [0.1, 0.15) is 18.2 Å². The van der Waals surface area contributed by atoms with E-state index in [-0.39, 0.29) is 24.2 Å². The Bertz CT molecular complexity index is 1030. The largest absolute Gasteiger partial charge is 0.486 e. The SMILES string of the molecule is CC(=O)COc1ccc([C@@H]2CCC(N[C@H](C)c3cccc4cc(F)ccc34)C2)cc1. The van der Waals surface area contributed by atoms with E-state index in [1.54, 1.807) is 6.07 Å². The summed E-state index contributed by atoms with van der Waals surface area (Å²) in [5.74, 6) is 1.09. The fraction of sp³-hybridized carbons (Fsp3) is 0.346. The third-order valence-electron chi connectivity index (χ3n) is 6.05. The van der Waals surface area contributed by atoms with E-state index >= 15 is 0 Å². The highest BCUT2D eigenvalue weighted by molar-refractivity contribution is 5.86. The normalized spacial score (nSPS) is 19.7. The molecule has 30 heavy (non-hydrogen) atoms. The van der Waals surface area contributed by atoms with E-state index in [2.05, 4.69) is 30.4 Å². The number of halogens is 1. The van der Waals surface area contributed by atoms with Crippen molar-refractivity contribution in [3.8, 4) is 5.75 Å². The monoisotopic (exact) mass is 405 g/mol. The van der Waals surface area contributed by atoms with Gasteiger partial charge in [-0.05, 0) is 85.2 Å². The third-order valence-corrected chi connectivity index (χ3v) is 6.05. The lowest BCUT2D eigenvalue weighted by Gasteiger charge is -2.21. The highest BCUT2D eigenvalue weighted by Crippen LogP contribution is 2.36. The zero-order valence-corrected chi connectivity index (χ0v) is 17.5. The quantitative estimate of drug-likeness (QED) is 0.529. The van der Waals surface area contributed by atoms with E-state index in [4.69, 9.17) is 4.74 Å². The van der Waals surface area contributed by atoms with E-state index in [0.29, 0.717) is 12.0 Å². The molecule has 3 aromatic carbocycles. The summed E-state index contributed by atoms with van der Waals surface area (Å²) < 4.78 is 19.0. The Balaban J connectivity index is 1.39. The highest BCUT2D eigenvalue weighted by Gasteiger charge is 2.27. The molecule has 0 saturated heterocycles. The van der Waals surface area contributed by atoms with Gasteiger partial charge in [-0.1, -0.05) is 36.4 Å². The average Bonchev–Trinajstić information content (AvgIpc) is 3.20. The van der Waals surface area contributed by atoms with Crippen molar-refractivity contribution in [3.05, 3.63) is 77.6 Å². The van der Waals surface area contributed by atoms with E-state index < -0.39 is 0 Å². The number of carbonyl (C=O) groups excluding carboxylic acids is 1. The summed E-state index contributed by atoms with van der Waals surface area (Å²) in [4.78, 5) is 11.1. The second-order valence-corrected chi connectivity index (χ2v) is 8.37. The summed E-state index contributed by atoms with van der Waals surface area (Å²) in [6, 6.07) is 19.9. The van der Waals surface area contributed by atoms with Gasteiger partial charge in [-0.3, -0.25) is 4.79 Å². The minimum atomic E-state index is -0.198. The number of hydrogen-bond donors (Lipinski definition) is 1. The van der Waals surface area contributed by atoms with Crippen LogP contribution in [0.25, 0.3) is 10.8 Å². The molecule has 0 amide bonds. The first-order valence-corrected chi connectivity index (χ1v) is 10.7. The van der Waals surface area contributed by atoms with Gasteiger partial charge < -0.3 is 10.1 Å². The summed E-state index contributed by atoms with van der Waals surface area (Å²) >= 11 is 0. The summed E-state index contributed by atoms with van der Waals surface area (Å²) in [6.45, 7) is 3.83. The zero-order valence-electron chi connectivity index (χ0n) is 17.5. The summed E-state index contributed by atoms with van der Waals surface area (Å²) in [7, 11) is 0. The van der Waals surface area contributed by atoms with E-state index in [0.717, 1.165) is 35.8 Å². The molecule has 0 heterocycles. The molecule has 0 spiro atoms. The molecule has 156 valence electrons. The number of rotatable bonds is 7. The predicted octanol–water partition coefficient (Wildman–Crippen LogP) is 5.93. The summed E-state index contributed by atoms with van der Waals surface area (Å²) in [6.07, 6.45) is 3.38. The number of ketones is 1. The molecule has 3 atom stereocenters. The minimum Gasteiger partial charge on any atom is -0.486 e. The Labute approximate surface area is 177 Å². The molecule has 1 unspecified atom stereocenters. The lowest BCUT2D eigenvalue weighted by atomic mass is 9.96. The molecule has 1 saturated carbocycles. The molecule has 1 aliphatic carbocycles. The number of ether oxygens (including phenoxy) is 1. The van der Waals surface area contributed by atoms with Crippen LogP contribution in [0.3, 0.4) is 0 Å². The second-order valence-electron chi connectivity index (χ2n) is 8.37. The maximum Gasteiger partial charge on any atom is 0.167 e. The Kier molecular flexibility index (Phi) is 6.14. The predicted molar refractivity (Wildman–Crippen MR) is 118 cm³/mol. The van der Waals surface area contributed by atoms with Crippen LogP contribution in [0.15, 0.2) is 60.7 Å². The molecule has 1 fully saturated rings. The first-order valence-electron chi connectivity index (χ1n) is 10.7. The second kappa shape index (κ2) is 8.97. The highest BCUT2D eigenvalue weighted by atomic mass is 19.1. The van der Waals surface area contributed by atoms with Gasteiger partial charge in [-0.15, -0.1) is 0 Å². The topological polar surface area (TPSA) is 38.3 Å². The lowest BCUT2D eigenvalue weighted by molar-refractivity contribution is -0.118. The van der Waals surface area contributed by atoms with Gasteiger partial charge in [0.05, 0.1) is 0 Å². The van der Waals surface area contributed by atoms with Crippen molar-refractivity contribution in [1.29, 1.82) is 0 Å². The van der Waals surface area contributed by atoms with Gasteiger partial charge in [-0.25, -0.2) is 4.39 Å². The van der Waals surface area contributed by atoms with Crippen molar-refractivity contribution in [2.75, 3.05) is 6.61 Å². The number of benzene rings is 3. The molecular formula is C26H28FNO2. The number of nitrogens with one attached hydrogen (secondary N) is 1. The molecule has 4 rings (SSSR count). The number of Topliss-reactive ketones (excluding diaryl/α,β-unsaturated/α-hetero) is 1. The van der Waals surface area contributed by atoms with Crippen molar-refractivity contribution in [3.63, 3.8) is 0 Å². The molecule has 4 heteroatoms. The smallest absolute Gasteiger partial charge is 0.167 e. The minimum absolute atomic E-state index is 0.0224. The molecule has 1 aliphatic rings. The first-order chi connectivity index (χ1) is 14.5. The number of fused-ring (bicyclic) bond motifs is 1. The zero-order chi connectivity index (χ0) is 21.1. The van der Waals surface area contributed by atoms with E-state index in [9.17, 15) is 9.18 Å². The van der Waals surface area contributed by atoms with Crippen LogP contribution in [0.5, 0.6) is 5.75 Å². The van der Waals surface area contributed by atoms with Gasteiger partial charge in [0, 0.05) is 12.1 Å². The van der Waals surface area contributed by atoms with Gasteiger partial charge in [0.2, 0.25) is 0 Å². The molecule has 0 radical (unpaired) electrons. The Morgan fingerprint density at radius 1 is 1.13 bits per heavy atom. The molecule has 3 aromatic rings. The first kappa shape index (κ1) is 20.5. The molecule has 0 aliphatic heterocycles. The van der Waals surface area contributed by atoms with Gasteiger partial charge >= 0.3 is 0 Å². The molecular weight excluding hydrogens is 377 g/mol. The summed E-state index contributed by atoms with van der Waals surface area (Å²) in [5.41, 5.74) is 2.53. The van der Waals surface area contributed by atoms with Crippen LogP contribution in [-0.4, -0.2) is 18.4 Å². The number of hydrogen-bond acceptors (Lipinski definition) is 3. The molecule has 0 aromatic heterocycles. The Hall–Kier alpha value is -2.72. The summed E-state index contributed by atoms with van der Waals surface area (Å²) in [5, 5.41) is 5.84. The fourth-order valence-corrected chi connectivity index (χ4v) is 4.56. The van der Waals surface area contributed by atoms with Crippen LogP contribution in [-0.2, 0) is 4.79 Å². The van der Waals surface area contributed by atoms with Crippen molar-refractivity contribution in [1.82, 2.24) is 5.32 Å². The molecule has 0 bridgehead atoms. The van der Waals surface area contributed by atoms with Crippen LogP contribution < -0.4 is 10.1 Å². The lowest BCUT2D eigenvalue weighted by Crippen LogP contribution is -2.29. The van der Waals surface area contributed by atoms with Crippen LogP contribution in [0, 0.1) is 5.82 Å². The van der Waals surface area contributed by atoms with Crippen LogP contribution >= 0.6 is 0 Å². The van der Waals surface area contributed by atoms with Gasteiger partial charge in [0.15, 0.2) is 5.78 Å². The van der Waals surface area contributed by atoms with Crippen molar-refractivity contribution >= 4 is 16.6 Å². The standard InChI is InChI=1S/C26H28FNO2/c1-17(29)16-30-24-11-7-19(8-12-24)20-6-10-23(15-20)28-18(2)25-5-3-4-21-14-22(27)9-13-26(21)25/h3-5,7-9,11-14,18,20,23,28H,6,10,15-16H2,1-2H3/t18-,20-,23?/m1/s1. The van der Waals surface area contributed by atoms with Crippen molar-refractivity contribution < 1.29 is 13.9 Å². The van der Waals surface area contributed by atoms with Crippen LogP contribution in [0.2, 0.25) is 0 Å². The molecule has 1 N–H and O–H groups in total. The maximum absolute atomic E-state index is 13.6. The Morgan fingerprint density at radius 2 is 1.93 bits per heavy atom. The van der Waals surface area contributed by atoms with Gasteiger partial charge in [-0.2, -0.15) is 0 Å².